The van der Waals surface area contributed by atoms with E-state index in [0.717, 1.165) is 25.0 Å². The van der Waals surface area contributed by atoms with E-state index in [0.29, 0.717) is 22.6 Å². The molecule has 1 saturated heterocycles. The van der Waals surface area contributed by atoms with Crippen LogP contribution < -0.4 is 5.73 Å². The molecule has 0 spiro atoms. The van der Waals surface area contributed by atoms with E-state index in [2.05, 4.69) is 0 Å². The SMILES string of the molecule is N[C@H]1CCOC[C@H]1Cc1c(Cl)cccc1Cl. The van der Waals surface area contributed by atoms with Gasteiger partial charge in [0.1, 0.15) is 0 Å². The summed E-state index contributed by atoms with van der Waals surface area (Å²) in [6.07, 6.45) is 1.70. The Labute approximate surface area is 106 Å². The zero-order chi connectivity index (χ0) is 11.5. The minimum atomic E-state index is 0.182. The Morgan fingerprint density at radius 3 is 2.62 bits per heavy atom. The van der Waals surface area contributed by atoms with Gasteiger partial charge < -0.3 is 10.5 Å². The van der Waals surface area contributed by atoms with Crippen LogP contribution >= 0.6 is 23.2 Å². The van der Waals surface area contributed by atoms with Gasteiger partial charge in [0.25, 0.3) is 0 Å². The van der Waals surface area contributed by atoms with E-state index in [1.165, 1.54) is 0 Å². The van der Waals surface area contributed by atoms with Crippen LogP contribution in [0.5, 0.6) is 0 Å². The minimum Gasteiger partial charge on any atom is -0.381 e. The summed E-state index contributed by atoms with van der Waals surface area (Å²) < 4.78 is 5.44. The first-order chi connectivity index (χ1) is 7.68. The van der Waals surface area contributed by atoms with Crippen molar-refractivity contribution < 1.29 is 4.74 Å². The Morgan fingerprint density at radius 2 is 2.00 bits per heavy atom. The fraction of sp³-hybridized carbons (Fsp3) is 0.500. The first-order valence-corrected chi connectivity index (χ1v) is 6.20. The monoisotopic (exact) mass is 259 g/mol. The number of hydrogen-bond donors (Lipinski definition) is 1. The number of benzene rings is 1. The summed E-state index contributed by atoms with van der Waals surface area (Å²) in [6, 6.07) is 5.75. The molecule has 0 radical (unpaired) electrons. The minimum absolute atomic E-state index is 0.182. The molecular weight excluding hydrogens is 245 g/mol. The Balaban J connectivity index is 2.13. The van der Waals surface area contributed by atoms with E-state index in [-0.39, 0.29) is 6.04 Å². The van der Waals surface area contributed by atoms with Crippen molar-refractivity contribution in [2.24, 2.45) is 11.7 Å². The average molecular weight is 260 g/mol. The van der Waals surface area contributed by atoms with E-state index < -0.39 is 0 Å². The van der Waals surface area contributed by atoms with Gasteiger partial charge in [-0.15, -0.1) is 0 Å². The van der Waals surface area contributed by atoms with E-state index in [1.54, 1.807) is 0 Å². The van der Waals surface area contributed by atoms with Crippen LogP contribution in [0.3, 0.4) is 0 Å². The molecular formula is C12H15Cl2NO. The zero-order valence-electron chi connectivity index (χ0n) is 8.96. The maximum Gasteiger partial charge on any atom is 0.0512 e. The molecule has 1 aromatic rings. The summed E-state index contributed by atoms with van der Waals surface area (Å²) in [5, 5.41) is 1.43. The van der Waals surface area contributed by atoms with Crippen molar-refractivity contribution in [1.29, 1.82) is 0 Å². The highest BCUT2D eigenvalue weighted by atomic mass is 35.5. The number of halogens is 2. The van der Waals surface area contributed by atoms with Crippen LogP contribution in [-0.2, 0) is 11.2 Å². The Kier molecular flexibility index (Phi) is 4.09. The quantitative estimate of drug-likeness (QED) is 0.887. The lowest BCUT2D eigenvalue weighted by Crippen LogP contribution is -2.39. The number of ether oxygens (including phenoxy) is 1. The molecule has 1 fully saturated rings. The number of rotatable bonds is 2. The second-order valence-corrected chi connectivity index (χ2v) is 5.01. The molecule has 0 aromatic heterocycles. The lowest BCUT2D eigenvalue weighted by Gasteiger charge is -2.29. The molecule has 2 N–H and O–H groups in total. The predicted octanol–water partition coefficient (Wildman–Crippen LogP) is 2.90. The molecule has 1 heterocycles. The molecule has 0 unspecified atom stereocenters. The van der Waals surface area contributed by atoms with Crippen LogP contribution in [0.4, 0.5) is 0 Å². The summed E-state index contributed by atoms with van der Waals surface area (Å²) in [5.74, 6) is 0.311. The highest BCUT2D eigenvalue weighted by molar-refractivity contribution is 6.35. The lowest BCUT2D eigenvalue weighted by atomic mass is 9.90. The van der Waals surface area contributed by atoms with E-state index in [9.17, 15) is 0 Å². The maximum atomic E-state index is 6.13. The van der Waals surface area contributed by atoms with Crippen molar-refractivity contribution >= 4 is 23.2 Å². The topological polar surface area (TPSA) is 35.2 Å². The second kappa shape index (κ2) is 5.37. The standard InChI is InChI=1S/C12H15Cl2NO/c13-10-2-1-3-11(14)9(10)6-8-7-16-5-4-12(8)15/h1-3,8,12H,4-7,15H2/t8-,12+/m1/s1. The average Bonchev–Trinajstić information content (AvgIpc) is 2.26. The van der Waals surface area contributed by atoms with Gasteiger partial charge in [-0.25, -0.2) is 0 Å². The van der Waals surface area contributed by atoms with Crippen LogP contribution in [-0.4, -0.2) is 19.3 Å². The molecule has 16 heavy (non-hydrogen) atoms. The van der Waals surface area contributed by atoms with Crippen molar-refractivity contribution in [1.82, 2.24) is 0 Å². The van der Waals surface area contributed by atoms with Crippen molar-refractivity contribution in [3.8, 4) is 0 Å². The van der Waals surface area contributed by atoms with Crippen molar-refractivity contribution in [3.63, 3.8) is 0 Å². The van der Waals surface area contributed by atoms with Gasteiger partial charge in [0, 0.05) is 28.6 Å². The number of nitrogens with two attached hydrogens (primary N) is 1. The third-order valence-electron chi connectivity index (χ3n) is 3.06. The molecule has 0 saturated carbocycles. The summed E-state index contributed by atoms with van der Waals surface area (Å²) in [4.78, 5) is 0. The van der Waals surface area contributed by atoms with Gasteiger partial charge >= 0.3 is 0 Å². The second-order valence-electron chi connectivity index (χ2n) is 4.19. The Bertz CT molecular complexity index is 350. The Hall–Kier alpha value is -0.280. The molecule has 0 amide bonds. The summed E-state index contributed by atoms with van der Waals surface area (Å²) in [7, 11) is 0. The summed E-state index contributed by atoms with van der Waals surface area (Å²) in [6.45, 7) is 1.45. The Morgan fingerprint density at radius 1 is 1.31 bits per heavy atom. The predicted molar refractivity (Wildman–Crippen MR) is 67.1 cm³/mol. The third-order valence-corrected chi connectivity index (χ3v) is 3.77. The normalized spacial score (nSPS) is 25.7. The van der Waals surface area contributed by atoms with Crippen LogP contribution in [0.1, 0.15) is 12.0 Å². The highest BCUT2D eigenvalue weighted by Gasteiger charge is 2.24. The molecule has 0 aliphatic carbocycles. The van der Waals surface area contributed by atoms with Gasteiger partial charge in [-0.3, -0.25) is 0 Å². The first-order valence-electron chi connectivity index (χ1n) is 5.44. The van der Waals surface area contributed by atoms with Gasteiger partial charge in [-0.05, 0) is 30.5 Å². The van der Waals surface area contributed by atoms with Gasteiger partial charge in [0.05, 0.1) is 6.61 Å². The molecule has 88 valence electrons. The molecule has 2 nitrogen and oxygen atoms in total. The molecule has 0 bridgehead atoms. The van der Waals surface area contributed by atoms with E-state index in [1.807, 2.05) is 18.2 Å². The van der Waals surface area contributed by atoms with Crippen LogP contribution in [0.2, 0.25) is 10.0 Å². The molecule has 1 aliphatic rings. The van der Waals surface area contributed by atoms with Gasteiger partial charge in [-0.1, -0.05) is 29.3 Å². The molecule has 1 aliphatic heterocycles. The van der Waals surface area contributed by atoms with Crippen LogP contribution in [0, 0.1) is 5.92 Å². The van der Waals surface area contributed by atoms with Gasteiger partial charge in [-0.2, -0.15) is 0 Å². The van der Waals surface area contributed by atoms with Crippen LogP contribution in [0.15, 0.2) is 18.2 Å². The number of hydrogen-bond acceptors (Lipinski definition) is 2. The first kappa shape index (κ1) is 12.2. The van der Waals surface area contributed by atoms with E-state index >= 15 is 0 Å². The van der Waals surface area contributed by atoms with Crippen LogP contribution in [0.25, 0.3) is 0 Å². The third kappa shape index (κ3) is 2.69. The molecule has 4 heteroatoms. The summed E-state index contributed by atoms with van der Waals surface area (Å²) >= 11 is 12.3. The highest BCUT2D eigenvalue weighted by Crippen LogP contribution is 2.29. The van der Waals surface area contributed by atoms with Crippen molar-refractivity contribution in [2.45, 2.75) is 18.9 Å². The fourth-order valence-corrected chi connectivity index (χ4v) is 2.57. The smallest absolute Gasteiger partial charge is 0.0512 e. The zero-order valence-corrected chi connectivity index (χ0v) is 10.5. The van der Waals surface area contributed by atoms with Crippen molar-refractivity contribution in [2.75, 3.05) is 13.2 Å². The fourth-order valence-electron chi connectivity index (χ4n) is 2.01. The van der Waals surface area contributed by atoms with Crippen molar-refractivity contribution in [3.05, 3.63) is 33.8 Å². The summed E-state index contributed by atoms with van der Waals surface area (Å²) in [5.41, 5.74) is 7.04. The maximum absolute atomic E-state index is 6.13. The van der Waals surface area contributed by atoms with E-state index in [4.69, 9.17) is 33.7 Å². The van der Waals surface area contributed by atoms with Gasteiger partial charge in [0.2, 0.25) is 0 Å². The largest absolute Gasteiger partial charge is 0.381 e. The molecule has 1 aromatic carbocycles. The lowest BCUT2D eigenvalue weighted by molar-refractivity contribution is 0.0422. The van der Waals surface area contributed by atoms with Gasteiger partial charge in [0.15, 0.2) is 0 Å². The molecule has 2 atom stereocenters. The molecule has 2 rings (SSSR count).